The molecule has 0 fully saturated rings. The summed E-state index contributed by atoms with van der Waals surface area (Å²) >= 11 is 0. The number of amides is 3. The molecule has 0 bridgehead atoms. The summed E-state index contributed by atoms with van der Waals surface area (Å²) in [5.41, 5.74) is 1.29. The molecule has 9 nitrogen and oxygen atoms in total. The number of hydrogen-bond acceptors (Lipinski definition) is 6. The third-order valence-corrected chi connectivity index (χ3v) is 4.66. The van der Waals surface area contributed by atoms with Crippen molar-refractivity contribution in [2.45, 2.75) is 18.9 Å². The van der Waals surface area contributed by atoms with Crippen LogP contribution in [0.5, 0.6) is 17.2 Å². The lowest BCUT2D eigenvalue weighted by Crippen LogP contribution is -2.41. The van der Waals surface area contributed by atoms with Crippen LogP contribution in [0.2, 0.25) is 0 Å². The van der Waals surface area contributed by atoms with Gasteiger partial charge in [0.1, 0.15) is 6.04 Å². The van der Waals surface area contributed by atoms with Gasteiger partial charge in [-0.15, -0.1) is 0 Å². The molecule has 1 heterocycles. The second-order valence-electron chi connectivity index (χ2n) is 6.56. The van der Waals surface area contributed by atoms with Gasteiger partial charge in [-0.2, -0.15) is 0 Å². The molecular formula is C21H23N3O6. The first-order valence-corrected chi connectivity index (χ1v) is 9.27. The molecule has 1 atom stereocenters. The Labute approximate surface area is 173 Å². The number of benzene rings is 2. The van der Waals surface area contributed by atoms with Crippen LogP contribution in [0.1, 0.15) is 23.2 Å². The Balaban J connectivity index is 1.65. The van der Waals surface area contributed by atoms with E-state index in [1.807, 2.05) is 0 Å². The average Bonchev–Trinajstić information content (AvgIpc) is 2.87. The van der Waals surface area contributed by atoms with Crippen molar-refractivity contribution in [1.82, 2.24) is 5.32 Å². The highest BCUT2D eigenvalue weighted by Crippen LogP contribution is 2.39. The first-order chi connectivity index (χ1) is 14.5. The zero-order valence-electron chi connectivity index (χ0n) is 16.9. The van der Waals surface area contributed by atoms with Gasteiger partial charge < -0.3 is 30.2 Å². The van der Waals surface area contributed by atoms with Crippen LogP contribution in [-0.4, -0.2) is 45.1 Å². The van der Waals surface area contributed by atoms with Crippen LogP contribution in [0.3, 0.4) is 0 Å². The Kier molecular flexibility index (Phi) is 6.41. The number of anilines is 2. The van der Waals surface area contributed by atoms with E-state index in [4.69, 9.17) is 14.2 Å². The molecule has 2 aromatic rings. The number of fused-ring (bicyclic) bond motifs is 1. The van der Waals surface area contributed by atoms with Gasteiger partial charge in [0.25, 0.3) is 5.91 Å². The molecule has 2 aromatic carbocycles. The van der Waals surface area contributed by atoms with Gasteiger partial charge in [-0.3, -0.25) is 14.4 Å². The summed E-state index contributed by atoms with van der Waals surface area (Å²) in [6, 6.07) is 9.13. The van der Waals surface area contributed by atoms with Gasteiger partial charge in [-0.1, -0.05) is 12.1 Å². The van der Waals surface area contributed by atoms with Crippen LogP contribution in [-0.2, 0) is 9.59 Å². The highest BCUT2D eigenvalue weighted by atomic mass is 16.5. The third kappa shape index (κ3) is 4.45. The van der Waals surface area contributed by atoms with E-state index < -0.39 is 6.04 Å². The fourth-order valence-corrected chi connectivity index (χ4v) is 3.17. The van der Waals surface area contributed by atoms with E-state index in [-0.39, 0.29) is 30.6 Å². The van der Waals surface area contributed by atoms with E-state index in [0.29, 0.717) is 34.2 Å². The van der Waals surface area contributed by atoms with Gasteiger partial charge in [0, 0.05) is 24.2 Å². The van der Waals surface area contributed by atoms with Gasteiger partial charge in [0.15, 0.2) is 11.5 Å². The Morgan fingerprint density at radius 2 is 1.70 bits per heavy atom. The number of para-hydroxylation sites is 1. The minimum atomic E-state index is -0.824. The largest absolute Gasteiger partial charge is 0.493 e. The first kappa shape index (κ1) is 21.0. The second kappa shape index (κ2) is 9.17. The van der Waals surface area contributed by atoms with Crippen LogP contribution < -0.4 is 30.2 Å². The van der Waals surface area contributed by atoms with E-state index in [1.54, 1.807) is 36.4 Å². The normalized spacial score (nSPS) is 15.2. The molecule has 0 saturated heterocycles. The summed E-state index contributed by atoms with van der Waals surface area (Å²) in [5.74, 6) is 0.164. The van der Waals surface area contributed by atoms with E-state index in [1.165, 1.54) is 21.3 Å². The van der Waals surface area contributed by atoms with Crippen molar-refractivity contribution in [1.29, 1.82) is 0 Å². The van der Waals surface area contributed by atoms with E-state index in [2.05, 4.69) is 16.0 Å². The molecule has 0 radical (unpaired) electrons. The average molecular weight is 413 g/mol. The zero-order valence-corrected chi connectivity index (χ0v) is 16.9. The van der Waals surface area contributed by atoms with Gasteiger partial charge >= 0.3 is 0 Å². The van der Waals surface area contributed by atoms with Crippen molar-refractivity contribution < 1.29 is 28.6 Å². The number of carbonyl (C=O) groups excluding carboxylic acids is 3. The van der Waals surface area contributed by atoms with Crippen LogP contribution in [0, 0.1) is 0 Å². The number of nitrogens with one attached hydrogen (secondary N) is 3. The van der Waals surface area contributed by atoms with Crippen molar-refractivity contribution in [3.05, 3.63) is 42.0 Å². The molecule has 30 heavy (non-hydrogen) atoms. The summed E-state index contributed by atoms with van der Waals surface area (Å²) in [6.45, 7) is 0. The maximum absolute atomic E-state index is 12.4. The Hall–Kier alpha value is -3.75. The monoisotopic (exact) mass is 413 g/mol. The van der Waals surface area contributed by atoms with Gasteiger partial charge in [0.05, 0.1) is 32.6 Å². The lowest BCUT2D eigenvalue weighted by Gasteiger charge is -2.16. The predicted octanol–water partition coefficient (Wildman–Crippen LogP) is 2.18. The van der Waals surface area contributed by atoms with E-state index in [9.17, 15) is 14.4 Å². The molecule has 0 aromatic heterocycles. The molecule has 158 valence electrons. The lowest BCUT2D eigenvalue weighted by atomic mass is 10.1. The van der Waals surface area contributed by atoms with Crippen LogP contribution in [0.25, 0.3) is 0 Å². The van der Waals surface area contributed by atoms with Gasteiger partial charge in [-0.05, 0) is 18.6 Å². The summed E-state index contributed by atoms with van der Waals surface area (Å²) in [5, 5.41) is 8.13. The number of ether oxygens (including phenoxy) is 3. The molecule has 1 aliphatic heterocycles. The molecule has 3 rings (SSSR count). The maximum Gasteiger partial charge on any atom is 0.254 e. The molecule has 3 amide bonds. The van der Waals surface area contributed by atoms with Crippen molar-refractivity contribution >= 4 is 29.1 Å². The Morgan fingerprint density at radius 3 is 2.33 bits per heavy atom. The molecular weight excluding hydrogens is 390 g/mol. The van der Waals surface area contributed by atoms with Gasteiger partial charge in [-0.25, -0.2) is 0 Å². The smallest absolute Gasteiger partial charge is 0.254 e. The lowest BCUT2D eigenvalue weighted by molar-refractivity contribution is -0.118. The fraction of sp³-hybridized carbons (Fsp3) is 0.286. The van der Waals surface area contributed by atoms with Crippen molar-refractivity contribution in [2.75, 3.05) is 32.0 Å². The SMILES string of the molecule is COc1cc(NC(=O)CCC2NC(=O)c3ccccc3NC2=O)cc(OC)c1OC. The quantitative estimate of drug-likeness (QED) is 0.641. The maximum atomic E-state index is 12.4. The molecule has 1 unspecified atom stereocenters. The second-order valence-corrected chi connectivity index (χ2v) is 6.56. The molecule has 0 saturated carbocycles. The number of methoxy groups -OCH3 is 3. The number of hydrogen-bond donors (Lipinski definition) is 3. The predicted molar refractivity (Wildman–Crippen MR) is 110 cm³/mol. The van der Waals surface area contributed by atoms with Gasteiger partial charge in [0.2, 0.25) is 17.6 Å². The molecule has 1 aliphatic rings. The molecule has 0 aliphatic carbocycles. The van der Waals surface area contributed by atoms with Crippen molar-refractivity contribution in [3.8, 4) is 17.2 Å². The van der Waals surface area contributed by atoms with E-state index >= 15 is 0 Å². The minimum absolute atomic E-state index is 0.0192. The third-order valence-electron chi connectivity index (χ3n) is 4.66. The standard InChI is InChI=1S/C21H23N3O6/c1-28-16-10-12(11-17(29-2)19(16)30-3)22-18(25)9-8-15-21(27)23-14-7-5-4-6-13(14)20(26)24-15/h4-7,10-11,15H,8-9H2,1-3H3,(H,22,25)(H,23,27)(H,24,26). The van der Waals surface area contributed by atoms with Crippen molar-refractivity contribution in [2.24, 2.45) is 0 Å². The Bertz CT molecular complexity index is 950. The molecule has 9 heteroatoms. The zero-order chi connectivity index (χ0) is 21.7. The number of carbonyl (C=O) groups is 3. The number of rotatable bonds is 7. The fourth-order valence-electron chi connectivity index (χ4n) is 3.17. The summed E-state index contributed by atoms with van der Waals surface area (Å²) < 4.78 is 15.8. The molecule has 0 spiro atoms. The Morgan fingerprint density at radius 1 is 1.03 bits per heavy atom. The molecule has 3 N–H and O–H groups in total. The van der Waals surface area contributed by atoms with E-state index in [0.717, 1.165) is 0 Å². The summed E-state index contributed by atoms with van der Waals surface area (Å²) in [6.07, 6.45) is 0.160. The first-order valence-electron chi connectivity index (χ1n) is 9.27. The summed E-state index contributed by atoms with van der Waals surface area (Å²) in [7, 11) is 4.45. The minimum Gasteiger partial charge on any atom is -0.493 e. The van der Waals surface area contributed by atoms with Crippen LogP contribution in [0.15, 0.2) is 36.4 Å². The van der Waals surface area contributed by atoms with Crippen LogP contribution in [0.4, 0.5) is 11.4 Å². The highest BCUT2D eigenvalue weighted by molar-refractivity contribution is 6.10. The van der Waals surface area contributed by atoms with Crippen molar-refractivity contribution in [3.63, 3.8) is 0 Å². The van der Waals surface area contributed by atoms with Crippen LogP contribution >= 0.6 is 0 Å². The topological polar surface area (TPSA) is 115 Å². The highest BCUT2D eigenvalue weighted by Gasteiger charge is 2.28. The summed E-state index contributed by atoms with van der Waals surface area (Å²) in [4.78, 5) is 37.2.